The van der Waals surface area contributed by atoms with E-state index in [1.807, 2.05) is 0 Å². The van der Waals surface area contributed by atoms with Gasteiger partial charge in [-0.1, -0.05) is 19.3 Å². The number of nitrogens with one attached hydrogen (secondary N) is 2. The molecule has 0 heterocycles. The Bertz CT molecular complexity index is 641. The van der Waals surface area contributed by atoms with Crippen LogP contribution in [-0.4, -0.2) is 23.6 Å². The molecule has 0 radical (unpaired) electrons. The lowest BCUT2D eigenvalue weighted by Crippen LogP contribution is -2.36. The predicted molar refractivity (Wildman–Crippen MR) is 93.8 cm³/mol. The van der Waals surface area contributed by atoms with Crippen molar-refractivity contribution in [2.24, 2.45) is 0 Å². The maximum atomic E-state index is 12.1. The van der Waals surface area contributed by atoms with Gasteiger partial charge >= 0.3 is 0 Å². The molecule has 0 aliphatic heterocycles. The third kappa shape index (κ3) is 5.33. The normalized spacial score (nSPS) is 15.7. The smallest absolute Gasteiger partial charge is 0.248 e. The number of amides is 2. The monoisotopic (exact) mass is 328 g/mol. The summed E-state index contributed by atoms with van der Waals surface area (Å²) in [5.41, 5.74) is 1.56. The van der Waals surface area contributed by atoms with E-state index in [4.69, 9.17) is 0 Å². The average molecular weight is 328 g/mol. The van der Waals surface area contributed by atoms with E-state index < -0.39 is 0 Å². The molecule has 1 aliphatic rings. The molecule has 0 spiro atoms. The van der Waals surface area contributed by atoms with Crippen molar-refractivity contribution < 1.29 is 14.4 Å². The van der Waals surface area contributed by atoms with Crippen LogP contribution in [-0.2, 0) is 9.59 Å². The van der Waals surface area contributed by atoms with Crippen LogP contribution in [0.1, 0.15) is 56.3 Å². The molecular formula is C19H24N2O3. The van der Waals surface area contributed by atoms with Gasteiger partial charge in [-0.25, -0.2) is 0 Å². The van der Waals surface area contributed by atoms with E-state index in [2.05, 4.69) is 10.6 Å². The summed E-state index contributed by atoms with van der Waals surface area (Å²) < 4.78 is 0. The number of hydrogen-bond acceptors (Lipinski definition) is 3. The quantitative estimate of drug-likeness (QED) is 0.644. The second kappa shape index (κ2) is 8.43. The van der Waals surface area contributed by atoms with Crippen LogP contribution >= 0.6 is 0 Å². The molecule has 2 amide bonds. The summed E-state index contributed by atoms with van der Waals surface area (Å²) in [6, 6.07) is 6.87. The summed E-state index contributed by atoms with van der Waals surface area (Å²) in [6.07, 6.45) is 6.83. The van der Waals surface area contributed by atoms with Gasteiger partial charge in [0.15, 0.2) is 5.78 Å². The number of carbonyl (C=O) groups is 3. The minimum atomic E-state index is -0.359. The van der Waals surface area contributed by atoms with Gasteiger partial charge in [-0.05, 0) is 51.0 Å². The Morgan fingerprint density at radius 1 is 1.00 bits per heavy atom. The van der Waals surface area contributed by atoms with Crippen molar-refractivity contribution >= 4 is 23.3 Å². The molecule has 1 aliphatic carbocycles. The van der Waals surface area contributed by atoms with E-state index in [0.29, 0.717) is 16.8 Å². The number of hydrogen-bond donors (Lipinski definition) is 2. The van der Waals surface area contributed by atoms with Crippen molar-refractivity contribution in [2.75, 3.05) is 5.32 Å². The number of benzene rings is 1. The predicted octanol–water partition coefficient (Wildman–Crippen LogP) is 3.22. The molecule has 128 valence electrons. The van der Waals surface area contributed by atoms with E-state index in [1.165, 1.54) is 19.4 Å². The highest BCUT2D eigenvalue weighted by atomic mass is 16.2. The average Bonchev–Trinajstić information content (AvgIpc) is 2.56. The van der Waals surface area contributed by atoms with E-state index >= 15 is 0 Å². The molecule has 0 atom stereocenters. The lowest BCUT2D eigenvalue weighted by Gasteiger charge is -2.22. The summed E-state index contributed by atoms with van der Waals surface area (Å²) >= 11 is 0. The topological polar surface area (TPSA) is 75.3 Å². The molecule has 1 saturated carbocycles. The second-order valence-corrected chi connectivity index (χ2v) is 6.26. The molecule has 1 aromatic rings. The van der Waals surface area contributed by atoms with Crippen LogP contribution in [0, 0.1) is 0 Å². The standard InChI is InChI=1S/C19H24N2O3/c1-13(19(24)21-16-6-4-3-5-7-16)12-18(23)20-17-10-8-15(9-11-17)14(2)22/h8-12,16H,3-7H2,1-2H3,(H,20,23)(H,21,24)/b13-12-. The van der Waals surface area contributed by atoms with Crippen LogP contribution in [0.3, 0.4) is 0 Å². The molecule has 0 unspecified atom stereocenters. The van der Waals surface area contributed by atoms with E-state index in [1.54, 1.807) is 31.2 Å². The first-order valence-corrected chi connectivity index (χ1v) is 8.37. The molecule has 24 heavy (non-hydrogen) atoms. The Morgan fingerprint density at radius 2 is 1.62 bits per heavy atom. The van der Waals surface area contributed by atoms with Crippen molar-refractivity contribution in [3.05, 3.63) is 41.5 Å². The Labute approximate surface area is 142 Å². The zero-order chi connectivity index (χ0) is 17.5. The van der Waals surface area contributed by atoms with Gasteiger partial charge in [0.25, 0.3) is 0 Å². The first kappa shape index (κ1) is 17.9. The fourth-order valence-corrected chi connectivity index (χ4v) is 2.77. The summed E-state index contributed by atoms with van der Waals surface area (Å²) in [7, 11) is 0. The molecule has 0 saturated heterocycles. The molecular weight excluding hydrogens is 304 g/mol. The SMILES string of the molecule is CC(=O)c1ccc(NC(=O)/C=C(/C)C(=O)NC2CCCCC2)cc1. The van der Waals surface area contributed by atoms with Crippen molar-refractivity contribution in [1.82, 2.24) is 5.32 Å². The van der Waals surface area contributed by atoms with Gasteiger partial charge < -0.3 is 10.6 Å². The van der Waals surface area contributed by atoms with Gasteiger partial charge in [0, 0.05) is 28.9 Å². The fraction of sp³-hybridized carbons (Fsp3) is 0.421. The van der Waals surface area contributed by atoms with Gasteiger partial charge in [-0.15, -0.1) is 0 Å². The highest BCUT2D eigenvalue weighted by Gasteiger charge is 2.16. The lowest BCUT2D eigenvalue weighted by molar-refractivity contribution is -0.119. The zero-order valence-electron chi connectivity index (χ0n) is 14.2. The number of ketones is 1. The van der Waals surface area contributed by atoms with Gasteiger partial charge in [0.1, 0.15) is 0 Å². The second-order valence-electron chi connectivity index (χ2n) is 6.26. The molecule has 1 fully saturated rings. The van der Waals surface area contributed by atoms with Gasteiger partial charge in [0.2, 0.25) is 11.8 Å². The number of carbonyl (C=O) groups excluding carboxylic acids is 3. The van der Waals surface area contributed by atoms with E-state index in [-0.39, 0.29) is 23.6 Å². The summed E-state index contributed by atoms with van der Waals surface area (Å²) in [6.45, 7) is 3.13. The third-order valence-corrected chi connectivity index (χ3v) is 4.21. The molecule has 5 nitrogen and oxygen atoms in total. The van der Waals surface area contributed by atoms with E-state index in [9.17, 15) is 14.4 Å². The van der Waals surface area contributed by atoms with Crippen LogP contribution in [0.15, 0.2) is 35.9 Å². The Balaban J connectivity index is 1.89. The van der Waals surface area contributed by atoms with Crippen molar-refractivity contribution in [2.45, 2.75) is 52.0 Å². The van der Waals surface area contributed by atoms with Gasteiger partial charge in [-0.3, -0.25) is 14.4 Å². The fourth-order valence-electron chi connectivity index (χ4n) is 2.77. The van der Waals surface area contributed by atoms with Crippen molar-refractivity contribution in [1.29, 1.82) is 0 Å². The zero-order valence-corrected chi connectivity index (χ0v) is 14.2. The molecule has 2 N–H and O–H groups in total. The van der Waals surface area contributed by atoms with Crippen LogP contribution in [0.25, 0.3) is 0 Å². The number of anilines is 1. The van der Waals surface area contributed by atoms with Crippen LogP contribution in [0.5, 0.6) is 0 Å². The maximum Gasteiger partial charge on any atom is 0.248 e. The molecule has 5 heteroatoms. The summed E-state index contributed by atoms with van der Waals surface area (Å²) in [5, 5.41) is 5.67. The van der Waals surface area contributed by atoms with E-state index in [0.717, 1.165) is 25.7 Å². The molecule has 0 aromatic heterocycles. The molecule has 0 bridgehead atoms. The maximum absolute atomic E-state index is 12.1. The van der Waals surface area contributed by atoms with Crippen LogP contribution in [0.4, 0.5) is 5.69 Å². The van der Waals surface area contributed by atoms with Gasteiger partial charge in [0.05, 0.1) is 0 Å². The van der Waals surface area contributed by atoms with Crippen LogP contribution in [0.2, 0.25) is 0 Å². The minimum absolute atomic E-state index is 0.0250. The highest BCUT2D eigenvalue weighted by molar-refractivity contribution is 6.06. The minimum Gasteiger partial charge on any atom is -0.350 e. The Morgan fingerprint density at radius 3 is 2.21 bits per heavy atom. The largest absolute Gasteiger partial charge is 0.350 e. The number of rotatable bonds is 5. The Kier molecular flexibility index (Phi) is 6.29. The lowest BCUT2D eigenvalue weighted by atomic mass is 9.95. The van der Waals surface area contributed by atoms with Crippen LogP contribution < -0.4 is 10.6 Å². The molecule has 2 rings (SSSR count). The first-order valence-electron chi connectivity index (χ1n) is 8.37. The summed E-state index contributed by atoms with van der Waals surface area (Å²) in [4.78, 5) is 35.3. The Hall–Kier alpha value is -2.43. The van der Waals surface area contributed by atoms with Gasteiger partial charge in [-0.2, -0.15) is 0 Å². The van der Waals surface area contributed by atoms with Crippen molar-refractivity contribution in [3.8, 4) is 0 Å². The molecule has 1 aromatic carbocycles. The highest BCUT2D eigenvalue weighted by Crippen LogP contribution is 2.17. The number of Topliss-reactive ketones (excluding diaryl/α,β-unsaturated/α-hetero) is 1. The summed E-state index contributed by atoms with van der Waals surface area (Å²) in [5.74, 6) is -0.575. The first-order chi connectivity index (χ1) is 11.5. The third-order valence-electron chi connectivity index (χ3n) is 4.21. The van der Waals surface area contributed by atoms with Crippen molar-refractivity contribution in [3.63, 3.8) is 0 Å².